The van der Waals surface area contributed by atoms with Gasteiger partial charge >= 0.3 is 0 Å². The van der Waals surface area contributed by atoms with Crippen molar-refractivity contribution in [1.82, 2.24) is 9.97 Å². The standard InChI is InChI=1S/C11H13N3O2S/c1-6(16-3)9-8(13-5-15)4-12-11-10(9)14-7(2)17-11/h4-6H,1-3H3,(H,13,15). The molecule has 0 saturated carbocycles. The third-order valence-electron chi connectivity index (χ3n) is 2.55. The van der Waals surface area contributed by atoms with Gasteiger partial charge in [0.15, 0.2) is 0 Å². The SMILES string of the molecule is COC(C)c1c(NC=O)cnc2sc(C)nc12. The van der Waals surface area contributed by atoms with Gasteiger partial charge in [0.1, 0.15) is 10.3 Å². The lowest BCUT2D eigenvalue weighted by atomic mass is 10.1. The van der Waals surface area contributed by atoms with Crippen LogP contribution in [0, 0.1) is 6.92 Å². The lowest BCUT2D eigenvalue weighted by Crippen LogP contribution is -2.05. The zero-order chi connectivity index (χ0) is 12.4. The average Bonchev–Trinajstić information content (AvgIpc) is 2.68. The summed E-state index contributed by atoms with van der Waals surface area (Å²) in [5, 5.41) is 3.58. The van der Waals surface area contributed by atoms with Gasteiger partial charge in [0, 0.05) is 12.7 Å². The van der Waals surface area contributed by atoms with Crippen LogP contribution < -0.4 is 5.32 Å². The molecule has 0 aliphatic carbocycles. The summed E-state index contributed by atoms with van der Waals surface area (Å²) in [5.74, 6) is 0. The van der Waals surface area contributed by atoms with Gasteiger partial charge in [-0.25, -0.2) is 9.97 Å². The first-order chi connectivity index (χ1) is 8.17. The summed E-state index contributed by atoms with van der Waals surface area (Å²) in [7, 11) is 1.63. The number of nitrogens with one attached hydrogen (secondary N) is 1. The molecule has 0 aliphatic heterocycles. The van der Waals surface area contributed by atoms with Crippen LogP contribution in [-0.4, -0.2) is 23.5 Å². The highest BCUT2D eigenvalue weighted by Gasteiger charge is 2.17. The Morgan fingerprint density at radius 1 is 1.59 bits per heavy atom. The normalized spacial score (nSPS) is 12.6. The highest BCUT2D eigenvalue weighted by molar-refractivity contribution is 7.18. The molecule has 1 atom stereocenters. The molecule has 1 N–H and O–H groups in total. The fourth-order valence-corrected chi connectivity index (χ4v) is 2.48. The molecule has 1 amide bonds. The average molecular weight is 251 g/mol. The highest BCUT2D eigenvalue weighted by Crippen LogP contribution is 2.33. The fraction of sp³-hybridized carbons (Fsp3) is 0.364. The molecule has 17 heavy (non-hydrogen) atoms. The second-order valence-corrected chi connectivity index (χ2v) is 4.79. The van der Waals surface area contributed by atoms with Crippen molar-refractivity contribution in [2.45, 2.75) is 20.0 Å². The van der Waals surface area contributed by atoms with E-state index >= 15 is 0 Å². The van der Waals surface area contributed by atoms with Gasteiger partial charge in [-0.1, -0.05) is 11.3 Å². The summed E-state index contributed by atoms with van der Waals surface area (Å²) < 4.78 is 5.32. The summed E-state index contributed by atoms with van der Waals surface area (Å²) >= 11 is 1.53. The number of rotatable bonds is 4. The fourth-order valence-electron chi connectivity index (χ4n) is 1.71. The van der Waals surface area contributed by atoms with Gasteiger partial charge in [-0.3, -0.25) is 4.79 Å². The van der Waals surface area contributed by atoms with Crippen LogP contribution in [0.2, 0.25) is 0 Å². The second-order valence-electron chi connectivity index (χ2n) is 3.61. The Labute approximate surface area is 103 Å². The number of methoxy groups -OCH3 is 1. The minimum absolute atomic E-state index is 0.149. The lowest BCUT2D eigenvalue weighted by molar-refractivity contribution is -0.105. The topological polar surface area (TPSA) is 64.1 Å². The van der Waals surface area contributed by atoms with E-state index in [1.165, 1.54) is 11.3 Å². The number of carbonyl (C=O) groups excluding carboxylic acids is 1. The maximum atomic E-state index is 10.6. The van der Waals surface area contributed by atoms with Crippen molar-refractivity contribution in [2.24, 2.45) is 0 Å². The van der Waals surface area contributed by atoms with Gasteiger partial charge in [-0.05, 0) is 13.8 Å². The van der Waals surface area contributed by atoms with Crippen LogP contribution in [0.3, 0.4) is 0 Å². The largest absolute Gasteiger partial charge is 0.377 e. The van der Waals surface area contributed by atoms with E-state index in [9.17, 15) is 4.79 Å². The summed E-state index contributed by atoms with van der Waals surface area (Å²) in [4.78, 5) is 20.2. The predicted molar refractivity (Wildman–Crippen MR) is 67.3 cm³/mol. The summed E-state index contributed by atoms with van der Waals surface area (Å²) in [6, 6.07) is 0. The first-order valence-electron chi connectivity index (χ1n) is 5.16. The molecule has 2 aromatic rings. The molecule has 0 saturated heterocycles. The number of nitrogens with zero attached hydrogens (tertiary/aromatic N) is 2. The van der Waals surface area contributed by atoms with E-state index in [2.05, 4.69) is 15.3 Å². The molecule has 2 aromatic heterocycles. The molecule has 0 aliphatic rings. The highest BCUT2D eigenvalue weighted by atomic mass is 32.1. The number of hydrogen-bond donors (Lipinski definition) is 1. The second kappa shape index (κ2) is 4.77. The molecular weight excluding hydrogens is 238 g/mol. The molecule has 2 rings (SSSR count). The van der Waals surface area contributed by atoms with Gasteiger partial charge in [0.2, 0.25) is 6.41 Å². The number of aromatic nitrogens is 2. The number of thiazole rings is 1. The van der Waals surface area contributed by atoms with E-state index in [1.807, 2.05) is 13.8 Å². The summed E-state index contributed by atoms with van der Waals surface area (Å²) in [6.07, 6.45) is 2.12. The number of carbonyl (C=O) groups is 1. The van der Waals surface area contributed by atoms with Crippen molar-refractivity contribution in [3.63, 3.8) is 0 Å². The smallest absolute Gasteiger partial charge is 0.211 e. The van der Waals surface area contributed by atoms with Crippen LogP contribution in [0.1, 0.15) is 23.6 Å². The third kappa shape index (κ3) is 2.13. The first kappa shape index (κ1) is 11.9. The number of pyridine rings is 1. The third-order valence-corrected chi connectivity index (χ3v) is 3.43. The Hall–Kier alpha value is -1.53. The molecule has 90 valence electrons. The molecule has 1 unspecified atom stereocenters. The van der Waals surface area contributed by atoms with Crippen LogP contribution in [0.15, 0.2) is 6.20 Å². The quantitative estimate of drug-likeness (QED) is 0.847. The zero-order valence-corrected chi connectivity index (χ0v) is 10.7. The maximum absolute atomic E-state index is 10.6. The molecule has 0 aromatic carbocycles. The Kier molecular flexibility index (Phi) is 3.35. The number of hydrogen-bond acceptors (Lipinski definition) is 5. The van der Waals surface area contributed by atoms with Gasteiger partial charge in [0.25, 0.3) is 0 Å². The molecule has 5 nitrogen and oxygen atoms in total. The molecule has 0 spiro atoms. The number of aryl methyl sites for hydroxylation is 1. The van der Waals surface area contributed by atoms with E-state index in [0.29, 0.717) is 12.1 Å². The number of anilines is 1. The minimum atomic E-state index is -0.149. The van der Waals surface area contributed by atoms with Crippen molar-refractivity contribution in [3.05, 3.63) is 16.8 Å². The van der Waals surface area contributed by atoms with Crippen molar-refractivity contribution in [3.8, 4) is 0 Å². The van der Waals surface area contributed by atoms with E-state index < -0.39 is 0 Å². The van der Waals surface area contributed by atoms with Crippen LogP contribution in [-0.2, 0) is 9.53 Å². The van der Waals surface area contributed by atoms with Crippen molar-refractivity contribution in [1.29, 1.82) is 0 Å². The van der Waals surface area contributed by atoms with Crippen LogP contribution in [0.5, 0.6) is 0 Å². The maximum Gasteiger partial charge on any atom is 0.211 e. The lowest BCUT2D eigenvalue weighted by Gasteiger charge is -2.14. The monoisotopic (exact) mass is 251 g/mol. The van der Waals surface area contributed by atoms with Gasteiger partial charge < -0.3 is 10.1 Å². The van der Waals surface area contributed by atoms with Crippen molar-refractivity contribution >= 4 is 33.8 Å². The molecule has 6 heteroatoms. The Bertz CT molecular complexity index is 553. The minimum Gasteiger partial charge on any atom is -0.377 e. The van der Waals surface area contributed by atoms with E-state index in [4.69, 9.17) is 4.74 Å². The van der Waals surface area contributed by atoms with Crippen LogP contribution in [0.25, 0.3) is 10.3 Å². The van der Waals surface area contributed by atoms with E-state index in [0.717, 1.165) is 20.9 Å². The Morgan fingerprint density at radius 3 is 3.00 bits per heavy atom. The number of fused-ring (bicyclic) bond motifs is 1. The van der Waals surface area contributed by atoms with E-state index in [1.54, 1.807) is 13.3 Å². The Morgan fingerprint density at radius 2 is 2.35 bits per heavy atom. The number of amides is 1. The summed E-state index contributed by atoms with van der Waals surface area (Å²) in [6.45, 7) is 3.85. The van der Waals surface area contributed by atoms with Crippen LogP contribution >= 0.6 is 11.3 Å². The molecule has 0 fully saturated rings. The van der Waals surface area contributed by atoms with Crippen molar-refractivity contribution < 1.29 is 9.53 Å². The molecule has 2 heterocycles. The van der Waals surface area contributed by atoms with Crippen LogP contribution in [0.4, 0.5) is 5.69 Å². The molecule has 0 radical (unpaired) electrons. The van der Waals surface area contributed by atoms with Gasteiger partial charge in [-0.2, -0.15) is 0 Å². The van der Waals surface area contributed by atoms with Gasteiger partial charge in [-0.15, -0.1) is 0 Å². The zero-order valence-electron chi connectivity index (χ0n) is 9.85. The Balaban J connectivity index is 2.69. The number of ether oxygens (including phenoxy) is 1. The van der Waals surface area contributed by atoms with Gasteiger partial charge in [0.05, 0.1) is 23.0 Å². The predicted octanol–water partition coefficient (Wildman–Crippen LogP) is 2.28. The first-order valence-corrected chi connectivity index (χ1v) is 5.98. The van der Waals surface area contributed by atoms with E-state index in [-0.39, 0.29) is 6.10 Å². The van der Waals surface area contributed by atoms with Crippen molar-refractivity contribution in [2.75, 3.05) is 12.4 Å². The molecular formula is C11H13N3O2S. The summed E-state index contributed by atoms with van der Waals surface area (Å²) in [5.41, 5.74) is 2.31. The molecule has 0 bridgehead atoms.